The van der Waals surface area contributed by atoms with Crippen LogP contribution in [0.1, 0.15) is 118 Å². The van der Waals surface area contributed by atoms with Crippen LogP contribution < -0.4 is 41.5 Å². The SMILES string of the molecule is CC(C)[C@H](N)C(=O)N[C@H](C(=O)NCCNC(=O)OCN1C(=O)CCC(N2C(=O)c3ccc(N4CCN(CC5CCN(c6ccc(C(=O)NC7C(C)(C)C(Oc8ccc(C#N)c(Cl)c8)C7(C)C)cc6)CC5)CC4)cc3C2=O)C1=O)C(C)C. The number of piperazine rings is 1. The fourth-order valence-electron chi connectivity index (χ4n) is 12.2. The lowest BCUT2D eigenvalue weighted by Gasteiger charge is -2.63. The highest BCUT2D eigenvalue weighted by molar-refractivity contribution is 6.31. The molecule has 434 valence electrons. The fourth-order valence-corrected chi connectivity index (χ4v) is 12.4. The molecule has 1 unspecified atom stereocenters. The highest BCUT2D eigenvalue weighted by Gasteiger charge is 2.64. The number of imide groups is 2. The Labute approximate surface area is 478 Å². The van der Waals surface area contributed by atoms with Crippen LogP contribution in [0.5, 0.6) is 5.75 Å². The molecule has 6 N–H and O–H groups in total. The van der Waals surface area contributed by atoms with E-state index < -0.39 is 66.4 Å². The molecule has 8 amide bonds. The minimum atomic E-state index is -1.28. The number of nitrogens with one attached hydrogen (secondary N) is 4. The second-order valence-corrected chi connectivity index (χ2v) is 24.2. The highest BCUT2D eigenvalue weighted by atomic mass is 35.5. The number of amides is 8. The van der Waals surface area contributed by atoms with E-state index in [4.69, 9.17) is 26.8 Å². The molecule has 0 aromatic heterocycles. The Morgan fingerprint density at radius 3 is 2.02 bits per heavy atom. The number of nitrogens with zero attached hydrogens (tertiary/aromatic N) is 6. The Kier molecular flexibility index (Phi) is 18.3. The van der Waals surface area contributed by atoms with Gasteiger partial charge in [-0.05, 0) is 91.6 Å². The lowest BCUT2D eigenvalue weighted by atomic mass is 9.49. The maximum atomic E-state index is 14.0. The van der Waals surface area contributed by atoms with Crippen LogP contribution >= 0.6 is 11.6 Å². The molecular weight excluding hydrogens is 1060 g/mol. The largest absolute Gasteiger partial charge is 0.489 e. The molecule has 5 aliphatic rings. The molecule has 4 heterocycles. The number of piperidine rings is 2. The first-order valence-corrected chi connectivity index (χ1v) is 28.4. The van der Waals surface area contributed by atoms with E-state index in [2.05, 4.69) is 69.7 Å². The van der Waals surface area contributed by atoms with Crippen molar-refractivity contribution < 1.29 is 47.8 Å². The van der Waals surface area contributed by atoms with E-state index in [1.165, 1.54) is 0 Å². The number of nitrogens with two attached hydrogens (primary N) is 1. The summed E-state index contributed by atoms with van der Waals surface area (Å²) in [5.41, 5.74) is 8.36. The summed E-state index contributed by atoms with van der Waals surface area (Å²) in [6.07, 6.45) is 0.637. The summed E-state index contributed by atoms with van der Waals surface area (Å²) in [4.78, 5) is 115. The van der Waals surface area contributed by atoms with Gasteiger partial charge in [0.1, 0.15) is 30.0 Å². The predicted molar refractivity (Wildman–Crippen MR) is 303 cm³/mol. The van der Waals surface area contributed by atoms with Crippen molar-refractivity contribution >= 4 is 70.4 Å². The van der Waals surface area contributed by atoms with Gasteiger partial charge < -0.3 is 46.3 Å². The van der Waals surface area contributed by atoms with Crippen LogP contribution in [-0.4, -0.2) is 158 Å². The summed E-state index contributed by atoms with van der Waals surface area (Å²) < 4.78 is 11.6. The number of halogens is 1. The first kappa shape index (κ1) is 59.8. The van der Waals surface area contributed by atoms with Gasteiger partial charge in [0, 0.05) is 105 Å². The number of ether oxygens (including phenoxy) is 2. The first-order chi connectivity index (χ1) is 38.4. The van der Waals surface area contributed by atoms with E-state index in [1.807, 2.05) is 30.3 Å². The fraction of sp³-hybridized carbons (Fsp3) is 0.542. The summed E-state index contributed by atoms with van der Waals surface area (Å²) in [7, 11) is 0. The molecule has 81 heavy (non-hydrogen) atoms. The Morgan fingerprint density at radius 1 is 0.765 bits per heavy atom. The number of nitriles is 1. The molecule has 8 rings (SSSR count). The van der Waals surface area contributed by atoms with Gasteiger partial charge >= 0.3 is 6.09 Å². The van der Waals surface area contributed by atoms with Gasteiger partial charge in [-0.15, -0.1) is 0 Å². The monoisotopic (exact) mass is 1130 g/mol. The summed E-state index contributed by atoms with van der Waals surface area (Å²) >= 11 is 6.27. The Hall–Kier alpha value is -7.28. The molecule has 1 saturated carbocycles. The molecule has 4 fully saturated rings. The van der Waals surface area contributed by atoms with Gasteiger partial charge in [-0.3, -0.25) is 43.4 Å². The lowest BCUT2D eigenvalue weighted by Crippen LogP contribution is -2.74. The van der Waals surface area contributed by atoms with Crippen molar-refractivity contribution in [3.8, 4) is 11.8 Å². The molecule has 0 bridgehead atoms. The molecule has 3 saturated heterocycles. The second kappa shape index (κ2) is 24.8. The Morgan fingerprint density at radius 2 is 1.40 bits per heavy atom. The summed E-state index contributed by atoms with van der Waals surface area (Å²) in [5, 5.41) is 20.6. The van der Waals surface area contributed by atoms with E-state index in [1.54, 1.807) is 58.0 Å². The van der Waals surface area contributed by atoms with Crippen LogP contribution in [0, 0.1) is 39.9 Å². The van der Waals surface area contributed by atoms with Gasteiger partial charge in [-0.1, -0.05) is 67.0 Å². The number of anilines is 2. The van der Waals surface area contributed by atoms with Crippen LogP contribution in [-0.2, 0) is 23.9 Å². The highest BCUT2D eigenvalue weighted by Crippen LogP contribution is 2.55. The molecule has 21 nitrogen and oxygen atoms in total. The number of carbonyl (C=O) groups excluding carboxylic acids is 8. The predicted octanol–water partition coefficient (Wildman–Crippen LogP) is 4.90. The third kappa shape index (κ3) is 12.9. The summed E-state index contributed by atoms with van der Waals surface area (Å²) in [5.74, 6) is -3.07. The lowest BCUT2D eigenvalue weighted by molar-refractivity contribution is -0.164. The average Bonchev–Trinajstić information content (AvgIpc) is 3.73. The minimum absolute atomic E-state index is 0.0176. The van der Waals surface area contributed by atoms with E-state index >= 15 is 0 Å². The molecule has 1 aliphatic carbocycles. The van der Waals surface area contributed by atoms with Crippen LogP contribution in [0.3, 0.4) is 0 Å². The van der Waals surface area contributed by atoms with Crippen molar-refractivity contribution in [2.75, 3.05) is 75.4 Å². The van der Waals surface area contributed by atoms with Crippen LogP contribution in [0.25, 0.3) is 0 Å². The van der Waals surface area contributed by atoms with Gasteiger partial charge in [0.05, 0.1) is 27.8 Å². The number of hydrogen-bond donors (Lipinski definition) is 5. The summed E-state index contributed by atoms with van der Waals surface area (Å²) in [6, 6.07) is 17.0. The van der Waals surface area contributed by atoms with E-state index in [0.717, 1.165) is 66.7 Å². The van der Waals surface area contributed by atoms with Crippen molar-refractivity contribution in [1.82, 2.24) is 36.0 Å². The number of benzene rings is 3. The van der Waals surface area contributed by atoms with Gasteiger partial charge in [0.2, 0.25) is 17.7 Å². The quantitative estimate of drug-likeness (QED) is 0.0789. The Balaban J connectivity index is 0.752. The van der Waals surface area contributed by atoms with Crippen LogP contribution in [0.15, 0.2) is 60.7 Å². The van der Waals surface area contributed by atoms with Crippen molar-refractivity contribution in [3.63, 3.8) is 0 Å². The standard InChI is InChI=1S/C59H76ClN11O10/c1-34(2)47(62)50(74)65-48(35(3)4)51(75)63-21-22-64-57(79)80-33-70-46(72)18-17-45(54(70)78)71-52(76)42-16-14-40(29-43(42)53(71)77)69-27-25-67(26-28-69)32-36-19-23-68(24-20-36)39-12-9-37(10-13-39)49(73)66-55-58(5,6)56(59(55,7)8)81-41-15-11-38(31-61)44(60)30-41/h9-16,29-30,34-36,45,47-48,55-56H,17-28,32-33,62H2,1-8H3,(H,63,75)(H,64,79)(H,65,74)(H,66,73)/t45?,47-,48-,55?,56?/m0/s1. The molecule has 0 spiro atoms. The average molecular weight is 1130 g/mol. The van der Waals surface area contributed by atoms with E-state index in [0.29, 0.717) is 40.9 Å². The molecule has 3 aromatic rings. The van der Waals surface area contributed by atoms with Crippen molar-refractivity contribution in [1.29, 1.82) is 5.26 Å². The zero-order valence-corrected chi connectivity index (χ0v) is 48.3. The molecule has 0 radical (unpaired) electrons. The third-order valence-electron chi connectivity index (χ3n) is 16.8. The number of alkyl carbamates (subject to hydrolysis) is 1. The van der Waals surface area contributed by atoms with Gasteiger partial charge in [-0.2, -0.15) is 5.26 Å². The first-order valence-electron chi connectivity index (χ1n) is 28.0. The zero-order chi connectivity index (χ0) is 58.7. The summed E-state index contributed by atoms with van der Waals surface area (Å²) in [6.45, 7) is 20.5. The number of hydrogen-bond acceptors (Lipinski definition) is 15. The number of carbonyl (C=O) groups is 8. The van der Waals surface area contributed by atoms with Crippen LogP contribution in [0.2, 0.25) is 5.02 Å². The maximum Gasteiger partial charge on any atom is 0.408 e. The number of rotatable bonds is 19. The minimum Gasteiger partial charge on any atom is -0.489 e. The molecule has 3 aromatic carbocycles. The molecular formula is C59H76ClN11O10. The normalized spacial score (nSPS) is 21.7. The topological polar surface area (TPSA) is 269 Å². The number of fused-ring (bicyclic) bond motifs is 1. The molecule has 22 heteroatoms. The maximum absolute atomic E-state index is 14.0. The smallest absolute Gasteiger partial charge is 0.408 e. The second-order valence-electron chi connectivity index (χ2n) is 23.8. The van der Waals surface area contributed by atoms with Crippen molar-refractivity contribution in [2.45, 2.75) is 111 Å². The van der Waals surface area contributed by atoms with E-state index in [-0.39, 0.29) is 77.8 Å². The van der Waals surface area contributed by atoms with Gasteiger partial charge in [0.25, 0.3) is 23.6 Å². The number of likely N-dealkylation sites (tertiary alicyclic amines) is 1. The zero-order valence-electron chi connectivity index (χ0n) is 47.5. The molecule has 4 aliphatic heterocycles. The Bertz CT molecular complexity index is 2930. The van der Waals surface area contributed by atoms with Crippen molar-refractivity contribution in [3.05, 3.63) is 87.9 Å². The molecule has 3 atom stereocenters. The third-order valence-corrected chi connectivity index (χ3v) is 17.1. The van der Waals surface area contributed by atoms with Crippen LogP contribution in [0.4, 0.5) is 16.2 Å². The van der Waals surface area contributed by atoms with Gasteiger partial charge in [0.15, 0.2) is 6.73 Å². The van der Waals surface area contributed by atoms with Gasteiger partial charge in [-0.25, -0.2) is 9.69 Å². The van der Waals surface area contributed by atoms with Crippen molar-refractivity contribution in [2.24, 2.45) is 34.3 Å². The van der Waals surface area contributed by atoms with E-state index in [9.17, 15) is 43.6 Å².